The van der Waals surface area contributed by atoms with Crippen molar-refractivity contribution in [2.75, 3.05) is 4.90 Å². The number of hydrogen-bond donors (Lipinski definition) is 0. The first-order valence-corrected chi connectivity index (χ1v) is 8.32. The zero-order valence-electron chi connectivity index (χ0n) is 13.1. The van der Waals surface area contributed by atoms with Crippen molar-refractivity contribution in [1.82, 2.24) is 4.98 Å². The van der Waals surface area contributed by atoms with Gasteiger partial charge in [0.05, 0.1) is 28.0 Å². The number of anilines is 1. The maximum atomic E-state index is 13.0. The van der Waals surface area contributed by atoms with E-state index < -0.39 is 0 Å². The Kier molecular flexibility index (Phi) is 3.28. The van der Waals surface area contributed by atoms with Gasteiger partial charge in [-0.15, -0.1) is 0 Å². The lowest BCUT2D eigenvalue weighted by Crippen LogP contribution is -2.29. The summed E-state index contributed by atoms with van der Waals surface area (Å²) in [6.07, 6.45) is 0. The van der Waals surface area contributed by atoms with Gasteiger partial charge in [-0.05, 0) is 44.2 Å². The fraction of sp³-hybridized carbons (Fsp3) is 0.105. The van der Waals surface area contributed by atoms with Gasteiger partial charge in [0.25, 0.3) is 11.8 Å². The molecule has 0 radical (unpaired) electrons. The molecule has 2 amide bonds. The van der Waals surface area contributed by atoms with Gasteiger partial charge in [-0.25, -0.2) is 4.90 Å². The smallest absolute Gasteiger partial charge is 0.268 e. The van der Waals surface area contributed by atoms with E-state index in [-0.39, 0.29) is 11.8 Å². The molecule has 1 aliphatic rings. The summed E-state index contributed by atoms with van der Waals surface area (Å²) >= 11 is 3.42. The Bertz CT molecular complexity index is 1030. The minimum absolute atomic E-state index is 0.299. The van der Waals surface area contributed by atoms with Crippen LogP contribution in [0.15, 0.2) is 46.9 Å². The number of nitrogens with zero attached hydrogens (tertiary/aromatic N) is 2. The number of amides is 2. The number of carbonyl (C=O) groups is 2. The van der Waals surface area contributed by atoms with Crippen LogP contribution >= 0.6 is 15.9 Å². The molecule has 118 valence electrons. The topological polar surface area (TPSA) is 50.3 Å². The van der Waals surface area contributed by atoms with E-state index >= 15 is 0 Å². The number of fused-ring (bicyclic) bond motifs is 3. The molecule has 2 heterocycles. The standard InChI is InChI=1S/C19H13BrN2O2/c1-10-3-6-13(7-4-10)22-18(23)16-11(2)21-15-8-5-12(20)9-14(15)17(16)19(22)24/h3-9H,1-2H3. The van der Waals surface area contributed by atoms with Gasteiger partial charge in [0.2, 0.25) is 0 Å². The van der Waals surface area contributed by atoms with Crippen LogP contribution in [0.25, 0.3) is 10.9 Å². The van der Waals surface area contributed by atoms with Crippen LogP contribution in [0.1, 0.15) is 32.0 Å². The van der Waals surface area contributed by atoms with E-state index in [1.54, 1.807) is 19.1 Å². The average Bonchev–Trinajstić information content (AvgIpc) is 2.81. The van der Waals surface area contributed by atoms with Crippen LogP contribution in [0.3, 0.4) is 0 Å². The van der Waals surface area contributed by atoms with Gasteiger partial charge in [0.15, 0.2) is 0 Å². The summed E-state index contributed by atoms with van der Waals surface area (Å²) < 4.78 is 0.844. The summed E-state index contributed by atoms with van der Waals surface area (Å²) in [7, 11) is 0. The first-order chi connectivity index (χ1) is 11.5. The van der Waals surface area contributed by atoms with Crippen molar-refractivity contribution < 1.29 is 9.59 Å². The third-order valence-electron chi connectivity index (χ3n) is 4.25. The molecule has 1 aliphatic heterocycles. The van der Waals surface area contributed by atoms with Crippen LogP contribution < -0.4 is 4.90 Å². The zero-order valence-corrected chi connectivity index (χ0v) is 14.7. The third kappa shape index (κ3) is 2.08. The molecule has 1 aromatic heterocycles. The van der Waals surface area contributed by atoms with Gasteiger partial charge >= 0.3 is 0 Å². The molecule has 0 fully saturated rings. The second kappa shape index (κ2) is 5.24. The van der Waals surface area contributed by atoms with Crippen LogP contribution in [0.5, 0.6) is 0 Å². The lowest BCUT2D eigenvalue weighted by Gasteiger charge is -2.13. The van der Waals surface area contributed by atoms with E-state index in [0.29, 0.717) is 33.4 Å². The molecular weight excluding hydrogens is 368 g/mol. The van der Waals surface area contributed by atoms with Crippen LogP contribution in [-0.2, 0) is 0 Å². The van der Waals surface area contributed by atoms with Crippen LogP contribution in [-0.4, -0.2) is 16.8 Å². The predicted molar refractivity (Wildman–Crippen MR) is 96.5 cm³/mol. The number of pyridine rings is 1. The highest BCUT2D eigenvalue weighted by Gasteiger charge is 2.40. The summed E-state index contributed by atoms with van der Waals surface area (Å²) in [5, 5.41) is 0.693. The normalized spacial score (nSPS) is 13.7. The minimum atomic E-state index is -0.314. The summed E-state index contributed by atoms with van der Waals surface area (Å²) in [6, 6.07) is 12.9. The van der Waals surface area contributed by atoms with Crippen LogP contribution in [0, 0.1) is 13.8 Å². The predicted octanol–water partition coefficient (Wildman–Crippen LogP) is 4.41. The first kappa shape index (κ1) is 15.0. The Morgan fingerprint density at radius 2 is 1.58 bits per heavy atom. The van der Waals surface area contributed by atoms with Crippen molar-refractivity contribution in [2.45, 2.75) is 13.8 Å². The maximum absolute atomic E-state index is 13.0. The van der Waals surface area contributed by atoms with E-state index in [4.69, 9.17) is 0 Å². The molecule has 4 nitrogen and oxygen atoms in total. The summed E-state index contributed by atoms with van der Waals surface area (Å²) in [4.78, 5) is 31.7. The number of rotatable bonds is 1. The molecule has 0 saturated heterocycles. The molecule has 24 heavy (non-hydrogen) atoms. The van der Waals surface area contributed by atoms with E-state index in [1.165, 1.54) is 4.90 Å². The monoisotopic (exact) mass is 380 g/mol. The Hall–Kier alpha value is -2.53. The van der Waals surface area contributed by atoms with Crippen molar-refractivity contribution in [3.63, 3.8) is 0 Å². The largest absolute Gasteiger partial charge is 0.268 e. The molecule has 4 rings (SSSR count). The van der Waals surface area contributed by atoms with Gasteiger partial charge < -0.3 is 0 Å². The molecule has 0 bridgehead atoms. The number of carbonyl (C=O) groups excluding carboxylic acids is 2. The molecule has 5 heteroatoms. The Labute approximate surface area is 147 Å². The Morgan fingerprint density at radius 1 is 0.917 bits per heavy atom. The van der Waals surface area contributed by atoms with Crippen molar-refractivity contribution in [3.05, 3.63) is 69.3 Å². The number of halogens is 1. The quantitative estimate of drug-likeness (QED) is 0.587. The maximum Gasteiger partial charge on any atom is 0.268 e. The minimum Gasteiger partial charge on any atom is -0.268 e. The van der Waals surface area contributed by atoms with Gasteiger partial charge in [-0.1, -0.05) is 33.6 Å². The number of aryl methyl sites for hydroxylation is 2. The second-order valence-corrected chi connectivity index (χ2v) is 6.81. The summed E-state index contributed by atoms with van der Waals surface area (Å²) in [6.45, 7) is 3.73. The number of imide groups is 1. The lowest BCUT2D eigenvalue weighted by molar-refractivity contribution is 0.0926. The molecular formula is C19H13BrN2O2. The summed E-state index contributed by atoms with van der Waals surface area (Å²) in [5.74, 6) is -0.613. The van der Waals surface area contributed by atoms with Crippen LogP contribution in [0.4, 0.5) is 5.69 Å². The molecule has 0 unspecified atom stereocenters. The van der Waals surface area contributed by atoms with E-state index in [2.05, 4.69) is 20.9 Å². The highest BCUT2D eigenvalue weighted by atomic mass is 79.9. The molecule has 2 aromatic carbocycles. The molecule has 0 spiro atoms. The van der Waals surface area contributed by atoms with Crippen molar-refractivity contribution in [2.24, 2.45) is 0 Å². The molecule has 0 N–H and O–H groups in total. The van der Waals surface area contributed by atoms with Gasteiger partial charge in [-0.3, -0.25) is 14.6 Å². The highest BCUT2D eigenvalue weighted by molar-refractivity contribution is 9.10. The van der Waals surface area contributed by atoms with E-state index in [1.807, 2.05) is 37.3 Å². The average molecular weight is 381 g/mol. The van der Waals surface area contributed by atoms with E-state index in [0.717, 1.165) is 10.0 Å². The SMILES string of the molecule is Cc1ccc(N2C(=O)c3c(C)nc4ccc(Br)cc4c3C2=O)cc1. The number of benzene rings is 2. The van der Waals surface area contributed by atoms with Gasteiger partial charge in [0, 0.05) is 9.86 Å². The Morgan fingerprint density at radius 3 is 2.29 bits per heavy atom. The van der Waals surface area contributed by atoms with E-state index in [9.17, 15) is 9.59 Å². The third-order valence-corrected chi connectivity index (χ3v) is 4.75. The zero-order chi connectivity index (χ0) is 17.0. The van der Waals surface area contributed by atoms with Crippen LogP contribution in [0.2, 0.25) is 0 Å². The fourth-order valence-corrected chi connectivity index (χ4v) is 3.45. The van der Waals surface area contributed by atoms with Crippen molar-refractivity contribution >= 4 is 44.3 Å². The molecule has 0 atom stereocenters. The molecule has 0 saturated carbocycles. The second-order valence-electron chi connectivity index (χ2n) is 5.89. The lowest BCUT2D eigenvalue weighted by atomic mass is 10.0. The fourth-order valence-electron chi connectivity index (χ4n) is 3.09. The first-order valence-electron chi connectivity index (χ1n) is 7.52. The highest BCUT2D eigenvalue weighted by Crippen LogP contribution is 2.35. The number of aromatic nitrogens is 1. The van der Waals surface area contributed by atoms with Gasteiger partial charge in [-0.2, -0.15) is 0 Å². The van der Waals surface area contributed by atoms with Crippen molar-refractivity contribution in [1.29, 1.82) is 0 Å². The Balaban J connectivity index is 1.98. The van der Waals surface area contributed by atoms with Gasteiger partial charge in [0.1, 0.15) is 0 Å². The summed E-state index contributed by atoms with van der Waals surface area (Å²) in [5.41, 5.74) is 3.77. The molecule has 3 aromatic rings. The van der Waals surface area contributed by atoms with Crippen molar-refractivity contribution in [3.8, 4) is 0 Å². The number of hydrogen-bond acceptors (Lipinski definition) is 3. The molecule has 0 aliphatic carbocycles.